The van der Waals surface area contributed by atoms with Gasteiger partial charge in [0.05, 0.1) is 0 Å². The number of benzene rings is 1. The molecule has 5 heteroatoms. The van der Waals surface area contributed by atoms with Crippen molar-refractivity contribution < 1.29 is 14.3 Å². The molecule has 1 aromatic carbocycles. The van der Waals surface area contributed by atoms with Crippen LogP contribution in [0.25, 0.3) is 0 Å². The first-order valence-electron chi connectivity index (χ1n) is 7.92. The standard InChI is InChI=1S/C18H24ClNO3/c1-17(2,3)23-16(22)20-10-4-9-18(12-20,13-21)11-14-5-7-15(19)8-6-14/h5-8,13H,4,9-12H2,1-3H3/t18-/m1/s1. The zero-order valence-corrected chi connectivity index (χ0v) is 14.7. The number of likely N-dealkylation sites (tertiary alicyclic amines) is 1. The number of hydrogen-bond donors (Lipinski definition) is 0. The van der Waals surface area contributed by atoms with E-state index in [1.54, 1.807) is 4.90 Å². The molecule has 0 N–H and O–H groups in total. The van der Waals surface area contributed by atoms with E-state index in [2.05, 4.69) is 0 Å². The van der Waals surface area contributed by atoms with Crippen molar-refractivity contribution >= 4 is 24.0 Å². The third-order valence-electron chi connectivity index (χ3n) is 3.98. The van der Waals surface area contributed by atoms with Crippen LogP contribution in [0, 0.1) is 5.41 Å². The van der Waals surface area contributed by atoms with Crippen LogP contribution < -0.4 is 0 Å². The van der Waals surface area contributed by atoms with Crippen molar-refractivity contribution in [3.8, 4) is 0 Å². The molecule has 1 atom stereocenters. The van der Waals surface area contributed by atoms with Crippen LogP contribution in [0.15, 0.2) is 24.3 Å². The molecule has 1 aliphatic heterocycles. The maximum atomic E-state index is 12.3. The fourth-order valence-corrected chi connectivity index (χ4v) is 3.06. The Hall–Kier alpha value is -1.55. The van der Waals surface area contributed by atoms with Crippen LogP contribution in [0.5, 0.6) is 0 Å². The lowest BCUT2D eigenvalue weighted by Crippen LogP contribution is -2.49. The van der Waals surface area contributed by atoms with E-state index in [0.29, 0.717) is 24.5 Å². The van der Waals surface area contributed by atoms with E-state index in [1.165, 1.54) is 0 Å². The number of ether oxygens (including phenoxy) is 1. The Bertz CT molecular complexity index is 565. The van der Waals surface area contributed by atoms with Gasteiger partial charge in [0, 0.05) is 23.5 Å². The zero-order valence-electron chi connectivity index (χ0n) is 14.0. The predicted molar refractivity (Wildman–Crippen MR) is 90.7 cm³/mol. The molecule has 1 fully saturated rings. The van der Waals surface area contributed by atoms with E-state index in [4.69, 9.17) is 16.3 Å². The molecule has 1 aliphatic rings. The number of halogens is 1. The monoisotopic (exact) mass is 337 g/mol. The van der Waals surface area contributed by atoms with Gasteiger partial charge in [-0.25, -0.2) is 4.79 Å². The molecule has 1 aromatic rings. The Morgan fingerprint density at radius 1 is 1.35 bits per heavy atom. The summed E-state index contributed by atoms with van der Waals surface area (Å²) in [6.45, 7) is 6.56. The number of carbonyl (C=O) groups is 2. The topological polar surface area (TPSA) is 46.6 Å². The van der Waals surface area contributed by atoms with Gasteiger partial charge in [0.1, 0.15) is 11.9 Å². The van der Waals surface area contributed by atoms with Gasteiger partial charge in [-0.2, -0.15) is 0 Å². The average Bonchev–Trinajstić information content (AvgIpc) is 2.48. The second-order valence-electron chi connectivity index (χ2n) is 7.29. The maximum absolute atomic E-state index is 12.3. The van der Waals surface area contributed by atoms with Gasteiger partial charge in [-0.1, -0.05) is 23.7 Å². The van der Waals surface area contributed by atoms with Gasteiger partial charge in [-0.3, -0.25) is 0 Å². The molecule has 0 unspecified atom stereocenters. The van der Waals surface area contributed by atoms with E-state index in [-0.39, 0.29) is 6.09 Å². The van der Waals surface area contributed by atoms with Gasteiger partial charge in [0.2, 0.25) is 0 Å². The first kappa shape index (κ1) is 17.8. The Labute approximate surface area is 142 Å². The normalized spacial score (nSPS) is 21.8. The highest BCUT2D eigenvalue weighted by Gasteiger charge is 2.38. The van der Waals surface area contributed by atoms with Crippen LogP contribution in [0.2, 0.25) is 5.02 Å². The Morgan fingerprint density at radius 3 is 2.57 bits per heavy atom. The van der Waals surface area contributed by atoms with Crippen LogP contribution in [-0.4, -0.2) is 36.0 Å². The van der Waals surface area contributed by atoms with Gasteiger partial charge in [-0.15, -0.1) is 0 Å². The van der Waals surface area contributed by atoms with Crippen molar-refractivity contribution in [1.82, 2.24) is 4.90 Å². The van der Waals surface area contributed by atoms with E-state index in [9.17, 15) is 9.59 Å². The van der Waals surface area contributed by atoms with E-state index < -0.39 is 11.0 Å². The summed E-state index contributed by atoms with van der Waals surface area (Å²) < 4.78 is 5.43. The summed E-state index contributed by atoms with van der Waals surface area (Å²) in [6.07, 6.45) is 2.83. The molecule has 1 heterocycles. The largest absolute Gasteiger partial charge is 0.444 e. The number of hydrogen-bond acceptors (Lipinski definition) is 3. The number of aldehydes is 1. The number of carbonyl (C=O) groups excluding carboxylic acids is 2. The summed E-state index contributed by atoms with van der Waals surface area (Å²) in [5.74, 6) is 0. The molecule has 126 valence electrons. The summed E-state index contributed by atoms with van der Waals surface area (Å²) in [7, 11) is 0. The molecular weight excluding hydrogens is 314 g/mol. The van der Waals surface area contributed by atoms with E-state index in [1.807, 2.05) is 45.0 Å². The Kier molecular flexibility index (Phi) is 5.35. The molecule has 0 aliphatic carbocycles. The van der Waals surface area contributed by atoms with Crippen LogP contribution in [0.1, 0.15) is 39.2 Å². The molecule has 2 rings (SSSR count). The lowest BCUT2D eigenvalue weighted by molar-refractivity contribution is -0.119. The SMILES string of the molecule is CC(C)(C)OC(=O)N1CCC[C@@](C=O)(Cc2ccc(Cl)cc2)C1. The second-order valence-corrected chi connectivity index (χ2v) is 7.73. The minimum Gasteiger partial charge on any atom is -0.444 e. The third-order valence-corrected chi connectivity index (χ3v) is 4.23. The molecule has 0 aromatic heterocycles. The molecule has 0 bridgehead atoms. The number of piperidine rings is 1. The molecule has 0 saturated carbocycles. The van der Waals surface area contributed by atoms with Gasteiger partial charge >= 0.3 is 6.09 Å². The quantitative estimate of drug-likeness (QED) is 0.780. The Morgan fingerprint density at radius 2 is 2.00 bits per heavy atom. The van der Waals surface area contributed by atoms with Crippen LogP contribution in [-0.2, 0) is 16.0 Å². The van der Waals surface area contributed by atoms with Crippen LogP contribution >= 0.6 is 11.6 Å². The molecule has 4 nitrogen and oxygen atoms in total. The second kappa shape index (κ2) is 6.91. The van der Waals surface area contributed by atoms with Gasteiger partial charge in [-0.05, 0) is 57.7 Å². The van der Waals surface area contributed by atoms with Crippen molar-refractivity contribution in [1.29, 1.82) is 0 Å². The van der Waals surface area contributed by atoms with E-state index >= 15 is 0 Å². The molecule has 0 radical (unpaired) electrons. The number of rotatable bonds is 3. The van der Waals surface area contributed by atoms with Crippen molar-refractivity contribution in [2.45, 2.75) is 45.6 Å². The van der Waals surface area contributed by atoms with Gasteiger partial charge in [0.25, 0.3) is 0 Å². The third kappa shape index (κ3) is 4.96. The average molecular weight is 338 g/mol. The van der Waals surface area contributed by atoms with Crippen LogP contribution in [0.3, 0.4) is 0 Å². The molecular formula is C18H24ClNO3. The first-order valence-corrected chi connectivity index (χ1v) is 8.30. The lowest BCUT2D eigenvalue weighted by Gasteiger charge is -2.39. The molecule has 23 heavy (non-hydrogen) atoms. The first-order chi connectivity index (χ1) is 10.7. The highest BCUT2D eigenvalue weighted by molar-refractivity contribution is 6.30. The fraction of sp³-hybridized carbons (Fsp3) is 0.556. The van der Waals surface area contributed by atoms with Crippen molar-refractivity contribution in [3.05, 3.63) is 34.9 Å². The smallest absolute Gasteiger partial charge is 0.410 e. The molecule has 1 saturated heterocycles. The van der Waals surface area contributed by atoms with Gasteiger partial charge in [0.15, 0.2) is 0 Å². The van der Waals surface area contributed by atoms with Crippen LogP contribution in [0.4, 0.5) is 4.79 Å². The fourth-order valence-electron chi connectivity index (χ4n) is 2.93. The maximum Gasteiger partial charge on any atom is 0.410 e. The highest BCUT2D eigenvalue weighted by Crippen LogP contribution is 2.33. The summed E-state index contributed by atoms with van der Waals surface area (Å²) in [5.41, 5.74) is -0.0371. The van der Waals surface area contributed by atoms with Crippen molar-refractivity contribution in [2.75, 3.05) is 13.1 Å². The minimum absolute atomic E-state index is 0.348. The highest BCUT2D eigenvalue weighted by atomic mass is 35.5. The number of nitrogens with zero attached hydrogens (tertiary/aromatic N) is 1. The van der Waals surface area contributed by atoms with Crippen molar-refractivity contribution in [3.63, 3.8) is 0 Å². The van der Waals surface area contributed by atoms with Crippen molar-refractivity contribution in [2.24, 2.45) is 5.41 Å². The summed E-state index contributed by atoms with van der Waals surface area (Å²) >= 11 is 5.91. The minimum atomic E-state index is -0.553. The Balaban J connectivity index is 2.10. The van der Waals surface area contributed by atoms with E-state index in [0.717, 1.165) is 24.7 Å². The molecule has 1 amide bonds. The van der Waals surface area contributed by atoms with Gasteiger partial charge < -0.3 is 14.4 Å². The summed E-state index contributed by atoms with van der Waals surface area (Å²) in [5, 5.41) is 0.674. The summed E-state index contributed by atoms with van der Waals surface area (Å²) in [4.78, 5) is 25.7. The zero-order chi connectivity index (χ0) is 17.1. The predicted octanol–water partition coefficient (Wildman–Crippen LogP) is 4.10. The summed E-state index contributed by atoms with van der Waals surface area (Å²) in [6, 6.07) is 7.51. The molecule has 0 spiro atoms. The number of amides is 1. The lowest BCUT2D eigenvalue weighted by atomic mass is 9.76.